The molecule has 0 saturated heterocycles. The maximum absolute atomic E-state index is 5.51. The highest BCUT2D eigenvalue weighted by atomic mass is 16.4. The normalized spacial score (nSPS) is 10.7. The topological polar surface area (TPSA) is 55.9 Å². The summed E-state index contributed by atoms with van der Waals surface area (Å²) in [5, 5.41) is 2.98. The van der Waals surface area contributed by atoms with Crippen LogP contribution < -0.4 is 5.32 Å². The molecule has 0 bridgehead atoms. The largest absolute Gasteiger partial charge is 0.438 e. The van der Waals surface area contributed by atoms with Gasteiger partial charge in [-0.1, -0.05) is 0 Å². The van der Waals surface area contributed by atoms with Crippen LogP contribution >= 0.6 is 0 Å². The molecule has 0 spiro atoms. The van der Waals surface area contributed by atoms with E-state index in [-0.39, 0.29) is 0 Å². The van der Waals surface area contributed by atoms with E-state index in [1.165, 1.54) is 0 Å². The molecule has 5 heteroatoms. The fraction of sp³-hybridized carbons (Fsp3) is 0.333. The van der Waals surface area contributed by atoms with Gasteiger partial charge in [0, 0.05) is 7.05 Å². The summed E-state index contributed by atoms with van der Waals surface area (Å²) in [6, 6.07) is 0. The number of hydrogen-bond acceptors (Lipinski definition) is 4. The summed E-state index contributed by atoms with van der Waals surface area (Å²) in [6.45, 7) is 0.637. The fourth-order valence-electron chi connectivity index (χ4n) is 1.26. The van der Waals surface area contributed by atoms with E-state index in [4.69, 9.17) is 4.42 Å². The van der Waals surface area contributed by atoms with Gasteiger partial charge in [0.2, 0.25) is 5.89 Å². The molecule has 0 aliphatic heterocycles. The summed E-state index contributed by atoms with van der Waals surface area (Å²) >= 11 is 0. The number of hydrogen-bond donors (Lipinski definition) is 1. The Morgan fingerprint density at radius 3 is 3.00 bits per heavy atom. The lowest BCUT2D eigenvalue weighted by atomic mass is 10.4. The van der Waals surface area contributed by atoms with Crippen molar-refractivity contribution in [2.24, 2.45) is 7.05 Å². The van der Waals surface area contributed by atoms with Gasteiger partial charge in [-0.2, -0.15) is 0 Å². The van der Waals surface area contributed by atoms with Crippen LogP contribution in [0.2, 0.25) is 0 Å². The molecule has 2 aromatic rings. The third-order valence-electron chi connectivity index (χ3n) is 1.95. The first-order valence-corrected chi connectivity index (χ1v) is 4.37. The summed E-state index contributed by atoms with van der Waals surface area (Å²) < 4.78 is 7.41. The Morgan fingerprint density at radius 1 is 1.50 bits per heavy atom. The van der Waals surface area contributed by atoms with Gasteiger partial charge < -0.3 is 14.3 Å². The third kappa shape index (κ3) is 1.54. The van der Waals surface area contributed by atoms with E-state index in [9.17, 15) is 0 Å². The zero-order chi connectivity index (χ0) is 9.97. The number of nitrogens with one attached hydrogen (secondary N) is 1. The lowest BCUT2D eigenvalue weighted by molar-refractivity contribution is 0.488. The summed E-state index contributed by atoms with van der Waals surface area (Å²) in [5.41, 5.74) is 0.930. The summed E-state index contributed by atoms with van der Waals surface area (Å²) in [5.74, 6) is 1.43. The lowest BCUT2D eigenvalue weighted by Gasteiger charge is -1.96. The van der Waals surface area contributed by atoms with E-state index in [0.29, 0.717) is 12.4 Å². The second-order valence-electron chi connectivity index (χ2n) is 3.04. The fourth-order valence-corrected chi connectivity index (χ4v) is 1.26. The van der Waals surface area contributed by atoms with E-state index in [1.54, 1.807) is 18.7 Å². The van der Waals surface area contributed by atoms with Crippen molar-refractivity contribution in [2.75, 3.05) is 7.05 Å². The SMILES string of the molecule is CNCc1ncc(-c2cncn2C)o1. The van der Waals surface area contributed by atoms with Crippen LogP contribution in [-0.2, 0) is 13.6 Å². The molecule has 14 heavy (non-hydrogen) atoms. The van der Waals surface area contributed by atoms with Crippen LogP contribution in [0.3, 0.4) is 0 Å². The van der Waals surface area contributed by atoms with Gasteiger partial charge in [0.05, 0.1) is 25.3 Å². The Hall–Kier alpha value is -1.62. The van der Waals surface area contributed by atoms with Crippen molar-refractivity contribution >= 4 is 0 Å². The molecule has 0 aliphatic rings. The average molecular weight is 192 g/mol. The van der Waals surface area contributed by atoms with Gasteiger partial charge in [-0.3, -0.25) is 0 Å². The van der Waals surface area contributed by atoms with E-state index in [2.05, 4.69) is 15.3 Å². The first-order chi connectivity index (χ1) is 6.81. The molecule has 0 radical (unpaired) electrons. The zero-order valence-corrected chi connectivity index (χ0v) is 8.19. The molecule has 0 aromatic carbocycles. The average Bonchev–Trinajstić information content (AvgIpc) is 2.74. The van der Waals surface area contributed by atoms with Gasteiger partial charge >= 0.3 is 0 Å². The first kappa shape index (κ1) is 8.96. The van der Waals surface area contributed by atoms with Gasteiger partial charge in [-0.25, -0.2) is 9.97 Å². The van der Waals surface area contributed by atoms with Crippen LogP contribution in [0.4, 0.5) is 0 Å². The van der Waals surface area contributed by atoms with Crippen molar-refractivity contribution in [3.8, 4) is 11.5 Å². The molecule has 2 rings (SSSR count). The molecule has 0 amide bonds. The molecule has 1 N–H and O–H groups in total. The number of oxazole rings is 1. The minimum atomic E-state index is 0.637. The van der Waals surface area contributed by atoms with E-state index >= 15 is 0 Å². The molecule has 2 heterocycles. The number of imidazole rings is 1. The number of aryl methyl sites for hydroxylation is 1. The van der Waals surface area contributed by atoms with E-state index < -0.39 is 0 Å². The van der Waals surface area contributed by atoms with Gasteiger partial charge in [0.25, 0.3) is 0 Å². The van der Waals surface area contributed by atoms with Crippen LogP contribution in [0.25, 0.3) is 11.5 Å². The van der Waals surface area contributed by atoms with E-state index in [0.717, 1.165) is 11.5 Å². The monoisotopic (exact) mass is 192 g/mol. The van der Waals surface area contributed by atoms with Crippen molar-refractivity contribution in [3.63, 3.8) is 0 Å². The Balaban J connectivity index is 2.29. The van der Waals surface area contributed by atoms with Crippen molar-refractivity contribution in [3.05, 3.63) is 24.6 Å². The quantitative estimate of drug-likeness (QED) is 0.781. The van der Waals surface area contributed by atoms with Crippen LogP contribution in [0, 0.1) is 0 Å². The standard InChI is InChI=1S/C9H12N4O/c1-10-5-9-12-4-8(14-9)7-3-11-6-13(7)2/h3-4,6,10H,5H2,1-2H3. The molecule has 0 saturated carbocycles. The highest BCUT2D eigenvalue weighted by molar-refractivity contribution is 5.49. The lowest BCUT2D eigenvalue weighted by Crippen LogP contribution is -2.04. The molecule has 74 valence electrons. The predicted octanol–water partition coefficient (Wildman–Crippen LogP) is 0.794. The molecule has 0 unspecified atom stereocenters. The molecule has 0 aliphatic carbocycles. The number of nitrogens with zero attached hydrogens (tertiary/aromatic N) is 3. The zero-order valence-electron chi connectivity index (χ0n) is 8.19. The van der Waals surface area contributed by atoms with Gasteiger partial charge in [0.15, 0.2) is 5.76 Å². The molecule has 0 fully saturated rings. The Kier molecular flexibility index (Phi) is 2.32. The smallest absolute Gasteiger partial charge is 0.208 e. The number of rotatable bonds is 3. The predicted molar refractivity (Wildman–Crippen MR) is 51.5 cm³/mol. The van der Waals surface area contributed by atoms with Crippen LogP contribution in [0.15, 0.2) is 23.1 Å². The molecule has 2 aromatic heterocycles. The third-order valence-corrected chi connectivity index (χ3v) is 1.95. The second kappa shape index (κ2) is 3.63. The Labute approximate surface area is 81.8 Å². The minimum absolute atomic E-state index is 0.637. The Bertz CT molecular complexity index is 418. The van der Waals surface area contributed by atoms with Crippen LogP contribution in [-0.4, -0.2) is 21.6 Å². The van der Waals surface area contributed by atoms with Crippen LogP contribution in [0.1, 0.15) is 5.89 Å². The van der Waals surface area contributed by atoms with Gasteiger partial charge in [-0.05, 0) is 7.05 Å². The van der Waals surface area contributed by atoms with Crippen molar-refractivity contribution in [1.82, 2.24) is 19.9 Å². The Morgan fingerprint density at radius 2 is 2.36 bits per heavy atom. The summed E-state index contributed by atoms with van der Waals surface area (Å²) in [6.07, 6.45) is 5.20. The highest BCUT2D eigenvalue weighted by Crippen LogP contribution is 2.18. The van der Waals surface area contributed by atoms with Crippen molar-refractivity contribution in [1.29, 1.82) is 0 Å². The minimum Gasteiger partial charge on any atom is -0.438 e. The first-order valence-electron chi connectivity index (χ1n) is 4.37. The molecular formula is C9H12N4O. The summed E-state index contributed by atoms with van der Waals surface area (Å²) in [4.78, 5) is 8.15. The van der Waals surface area contributed by atoms with Crippen molar-refractivity contribution < 1.29 is 4.42 Å². The molecule has 5 nitrogen and oxygen atoms in total. The van der Waals surface area contributed by atoms with Crippen molar-refractivity contribution in [2.45, 2.75) is 6.54 Å². The van der Waals surface area contributed by atoms with Crippen LogP contribution in [0.5, 0.6) is 0 Å². The van der Waals surface area contributed by atoms with Gasteiger partial charge in [0.1, 0.15) is 5.69 Å². The molecular weight excluding hydrogens is 180 g/mol. The second-order valence-corrected chi connectivity index (χ2v) is 3.04. The number of aromatic nitrogens is 3. The summed E-state index contributed by atoms with van der Waals surface area (Å²) in [7, 11) is 3.77. The molecule has 0 atom stereocenters. The highest BCUT2D eigenvalue weighted by Gasteiger charge is 2.08. The van der Waals surface area contributed by atoms with Gasteiger partial charge in [-0.15, -0.1) is 0 Å². The maximum atomic E-state index is 5.51. The maximum Gasteiger partial charge on any atom is 0.208 e. The van der Waals surface area contributed by atoms with E-state index in [1.807, 2.05) is 18.7 Å².